The number of aryl methyl sites for hydroxylation is 1. The van der Waals surface area contributed by atoms with Gasteiger partial charge >= 0.3 is 0 Å². The van der Waals surface area contributed by atoms with Gasteiger partial charge in [-0.15, -0.1) is 17.5 Å². The number of fused-ring (bicyclic) bond motifs is 1. The van der Waals surface area contributed by atoms with Gasteiger partial charge in [0, 0.05) is 37.1 Å². The van der Waals surface area contributed by atoms with Gasteiger partial charge in [0.05, 0.1) is 11.7 Å². The molecule has 3 heterocycles. The van der Waals surface area contributed by atoms with Crippen LogP contribution in [0.3, 0.4) is 0 Å². The lowest BCUT2D eigenvalue weighted by Crippen LogP contribution is -2.40. The van der Waals surface area contributed by atoms with E-state index in [-0.39, 0.29) is 42.1 Å². The zero-order chi connectivity index (χ0) is 21.0. The van der Waals surface area contributed by atoms with Gasteiger partial charge in [0.2, 0.25) is 5.91 Å². The van der Waals surface area contributed by atoms with Crippen molar-refractivity contribution in [2.75, 3.05) is 19.6 Å². The van der Waals surface area contributed by atoms with Gasteiger partial charge in [-0.25, -0.2) is 4.39 Å². The zero-order valence-electron chi connectivity index (χ0n) is 17.6. The Morgan fingerprint density at radius 1 is 1.42 bits per heavy atom. The molecule has 31 heavy (non-hydrogen) atoms. The molecule has 0 radical (unpaired) electrons. The zero-order valence-corrected chi connectivity index (χ0v) is 19.2. The van der Waals surface area contributed by atoms with Crippen molar-refractivity contribution in [1.82, 2.24) is 25.2 Å². The third-order valence-corrected chi connectivity index (χ3v) is 7.10. The van der Waals surface area contributed by atoms with Gasteiger partial charge in [0.1, 0.15) is 12.3 Å². The van der Waals surface area contributed by atoms with Crippen LogP contribution in [-0.2, 0) is 24.9 Å². The minimum atomic E-state index is -0.500. The van der Waals surface area contributed by atoms with Crippen LogP contribution in [0.5, 0.6) is 5.75 Å². The van der Waals surface area contributed by atoms with Crippen LogP contribution < -0.4 is 10.1 Å². The topological polar surface area (TPSA) is 72.3 Å². The van der Waals surface area contributed by atoms with Crippen molar-refractivity contribution < 1.29 is 13.9 Å². The van der Waals surface area contributed by atoms with E-state index in [0.717, 1.165) is 42.8 Å². The maximum absolute atomic E-state index is 15.0. The summed E-state index contributed by atoms with van der Waals surface area (Å²) in [5.74, 6) is -0.133. The van der Waals surface area contributed by atoms with Crippen molar-refractivity contribution in [2.45, 2.75) is 45.3 Å². The number of hydrogen-bond acceptors (Lipinski definition) is 5. The maximum atomic E-state index is 15.0. The number of amides is 1. The number of benzene rings is 1. The Morgan fingerprint density at radius 3 is 2.84 bits per heavy atom. The summed E-state index contributed by atoms with van der Waals surface area (Å²) in [5, 5.41) is 11.9. The molecular formula is C21H26Cl2FN5O2. The molecule has 1 spiro atoms. The molecule has 10 heteroatoms. The lowest BCUT2D eigenvalue weighted by atomic mass is 9.92. The molecule has 5 rings (SSSR count). The van der Waals surface area contributed by atoms with Crippen LogP contribution in [0.4, 0.5) is 4.39 Å². The molecule has 1 aromatic carbocycles. The summed E-state index contributed by atoms with van der Waals surface area (Å²) < 4.78 is 22.6. The summed E-state index contributed by atoms with van der Waals surface area (Å²) in [5.41, 5.74) is 3.33. The van der Waals surface area contributed by atoms with Crippen molar-refractivity contribution in [3.63, 3.8) is 0 Å². The second-order valence-electron chi connectivity index (χ2n) is 8.80. The molecule has 2 aliphatic heterocycles. The van der Waals surface area contributed by atoms with Crippen molar-refractivity contribution in [3.8, 4) is 5.75 Å². The van der Waals surface area contributed by atoms with Crippen LogP contribution in [0.15, 0.2) is 6.07 Å². The minimum absolute atomic E-state index is 0. The molecule has 1 aliphatic carbocycles. The second-order valence-corrected chi connectivity index (χ2v) is 9.21. The van der Waals surface area contributed by atoms with Gasteiger partial charge in [-0.3, -0.25) is 9.48 Å². The third kappa shape index (κ3) is 4.01. The Bertz CT molecular complexity index is 1020. The smallest absolute Gasteiger partial charge is 0.223 e. The number of rotatable bonds is 5. The number of likely N-dealkylation sites (tertiary alicyclic amines) is 1. The molecule has 7 nitrogen and oxygen atoms in total. The molecular weight excluding hydrogens is 444 g/mol. The van der Waals surface area contributed by atoms with Crippen LogP contribution in [0.2, 0.25) is 5.02 Å². The number of aromatic nitrogens is 3. The van der Waals surface area contributed by atoms with Gasteiger partial charge in [-0.1, -0.05) is 16.8 Å². The largest absolute Gasteiger partial charge is 0.484 e. The monoisotopic (exact) mass is 469 g/mol. The highest BCUT2D eigenvalue weighted by Crippen LogP contribution is 2.53. The molecule has 1 N–H and O–H groups in total. The number of hydrogen-bond donors (Lipinski definition) is 1. The predicted molar refractivity (Wildman–Crippen MR) is 116 cm³/mol. The summed E-state index contributed by atoms with van der Waals surface area (Å²) in [4.78, 5) is 14.4. The average molecular weight is 470 g/mol. The van der Waals surface area contributed by atoms with Crippen LogP contribution in [0.25, 0.3) is 0 Å². The number of nitrogens with one attached hydrogen (secondary N) is 1. The summed E-state index contributed by atoms with van der Waals surface area (Å²) >= 11 is 6.40. The third-order valence-electron chi connectivity index (χ3n) is 6.76. The Labute approximate surface area is 191 Å². The van der Waals surface area contributed by atoms with E-state index < -0.39 is 5.82 Å². The lowest BCUT2D eigenvalue weighted by Gasteiger charge is -2.32. The van der Waals surface area contributed by atoms with Crippen LogP contribution >= 0.6 is 24.0 Å². The van der Waals surface area contributed by atoms with E-state index in [4.69, 9.17) is 16.3 Å². The molecule has 1 saturated heterocycles. The van der Waals surface area contributed by atoms with Gasteiger partial charge < -0.3 is 15.0 Å². The first kappa shape index (κ1) is 22.3. The van der Waals surface area contributed by atoms with Crippen molar-refractivity contribution in [1.29, 1.82) is 0 Å². The summed E-state index contributed by atoms with van der Waals surface area (Å²) in [7, 11) is 1.80. The molecule has 3 aliphatic rings. The number of nitrogens with zero attached hydrogens (tertiary/aromatic N) is 4. The highest BCUT2D eigenvalue weighted by molar-refractivity contribution is 6.31. The fraction of sp³-hybridized carbons (Fsp3) is 0.571. The molecule has 1 saturated carbocycles. The summed E-state index contributed by atoms with van der Waals surface area (Å²) in [6, 6.07) is 1.10. The van der Waals surface area contributed by atoms with Gasteiger partial charge in [0.25, 0.3) is 0 Å². The van der Waals surface area contributed by atoms with E-state index in [0.29, 0.717) is 30.1 Å². The molecule has 2 fully saturated rings. The van der Waals surface area contributed by atoms with E-state index >= 15 is 0 Å². The van der Waals surface area contributed by atoms with E-state index in [1.165, 1.54) is 6.07 Å². The molecule has 1 aromatic heterocycles. The molecule has 0 bridgehead atoms. The highest BCUT2D eigenvalue weighted by Gasteiger charge is 2.52. The quantitative estimate of drug-likeness (QED) is 0.727. The molecule has 1 atom stereocenters. The normalized spacial score (nSPS) is 21.2. The van der Waals surface area contributed by atoms with Crippen molar-refractivity contribution >= 4 is 29.9 Å². The van der Waals surface area contributed by atoms with E-state index in [1.807, 2.05) is 11.8 Å². The summed E-state index contributed by atoms with van der Waals surface area (Å²) in [6.07, 6.45) is 3.56. The van der Waals surface area contributed by atoms with Crippen LogP contribution in [-0.4, -0.2) is 45.4 Å². The number of carbonyl (C=O) groups excluding carboxylic acids is 1. The molecule has 0 unspecified atom stereocenters. The Morgan fingerprint density at radius 2 is 2.19 bits per heavy atom. The molecule has 1 amide bonds. The SMILES string of the molecule is Cc1c(COc2c(F)cc(Cl)c3c2[C@@H](CN2CC4(CC4)CC2=O)NCC3)nnn1C.Cl. The fourth-order valence-corrected chi connectivity index (χ4v) is 4.95. The summed E-state index contributed by atoms with van der Waals surface area (Å²) in [6.45, 7) is 4.01. The number of carbonyl (C=O) groups is 1. The number of ether oxygens (including phenoxy) is 1. The van der Waals surface area contributed by atoms with Gasteiger partial charge in [-0.2, -0.15) is 0 Å². The molecule has 2 aromatic rings. The second kappa shape index (κ2) is 8.22. The average Bonchev–Trinajstić information content (AvgIpc) is 3.29. The van der Waals surface area contributed by atoms with E-state index in [1.54, 1.807) is 11.7 Å². The van der Waals surface area contributed by atoms with Crippen LogP contribution in [0, 0.1) is 18.2 Å². The van der Waals surface area contributed by atoms with Crippen LogP contribution in [0.1, 0.15) is 47.8 Å². The van der Waals surface area contributed by atoms with Crippen molar-refractivity contribution in [3.05, 3.63) is 39.4 Å². The first-order valence-corrected chi connectivity index (χ1v) is 10.7. The first-order chi connectivity index (χ1) is 14.4. The number of halogens is 3. The van der Waals surface area contributed by atoms with E-state index in [2.05, 4.69) is 15.6 Å². The Kier molecular flexibility index (Phi) is 5.91. The Hall–Kier alpha value is -1.90. The van der Waals surface area contributed by atoms with Crippen molar-refractivity contribution in [2.24, 2.45) is 12.5 Å². The Balaban J connectivity index is 0.00000231. The minimum Gasteiger partial charge on any atom is -0.484 e. The van der Waals surface area contributed by atoms with Gasteiger partial charge in [-0.05, 0) is 49.8 Å². The standard InChI is InChI=1S/C21H25ClFN5O2.ClH/c1-12-17(25-26-27(12)2)10-30-20-15(23)7-14(22)13-3-6-24-16(19(13)20)9-28-11-21(4-5-21)8-18(28)29;/h7,16,24H,3-6,8-11H2,1-2H3;1H/t16-;/m1./s1. The maximum Gasteiger partial charge on any atom is 0.223 e. The fourth-order valence-electron chi connectivity index (χ4n) is 4.66. The molecule has 168 valence electrons. The van der Waals surface area contributed by atoms with Gasteiger partial charge in [0.15, 0.2) is 11.6 Å². The lowest BCUT2D eigenvalue weighted by molar-refractivity contribution is -0.128. The highest BCUT2D eigenvalue weighted by atomic mass is 35.5. The first-order valence-electron chi connectivity index (χ1n) is 10.4. The van der Waals surface area contributed by atoms with E-state index in [9.17, 15) is 9.18 Å². The predicted octanol–water partition coefficient (Wildman–Crippen LogP) is 3.12.